The molecule has 0 aromatic carbocycles. The van der Waals surface area contributed by atoms with E-state index in [2.05, 4.69) is 16.0 Å². The summed E-state index contributed by atoms with van der Waals surface area (Å²) in [5.41, 5.74) is 0.678. The molecule has 1 aliphatic rings. The molecule has 0 unspecified atom stereocenters. The van der Waals surface area contributed by atoms with E-state index in [1.807, 2.05) is 0 Å². The zero-order valence-corrected chi connectivity index (χ0v) is 6.70. The zero-order chi connectivity index (χ0) is 8.39. The Morgan fingerprint density at radius 3 is 2.92 bits per heavy atom. The van der Waals surface area contributed by atoms with Gasteiger partial charge in [-0.05, 0) is 18.6 Å². The van der Waals surface area contributed by atoms with Gasteiger partial charge in [0.1, 0.15) is 11.9 Å². The molecule has 0 N–H and O–H groups in total. The Bertz CT molecular complexity index is 323. The van der Waals surface area contributed by atoms with Crippen LogP contribution in [0.1, 0.15) is 12.0 Å². The third kappa shape index (κ3) is 1.02. The van der Waals surface area contributed by atoms with Crippen molar-refractivity contribution in [1.29, 1.82) is 5.26 Å². The highest BCUT2D eigenvalue weighted by Crippen LogP contribution is 2.20. The highest BCUT2D eigenvalue weighted by atomic mass is 15.2. The molecule has 1 aromatic heterocycles. The highest BCUT2D eigenvalue weighted by Gasteiger charge is 2.18. The van der Waals surface area contributed by atoms with Crippen LogP contribution in [0.25, 0.3) is 0 Å². The SMILES string of the molecule is N#Cc1cccnc1N1CCC1. The molecule has 2 heterocycles. The van der Waals surface area contributed by atoms with E-state index in [0.29, 0.717) is 5.56 Å². The fourth-order valence-corrected chi connectivity index (χ4v) is 1.26. The predicted molar refractivity (Wildman–Crippen MR) is 45.8 cm³/mol. The lowest BCUT2D eigenvalue weighted by molar-refractivity contribution is 0.609. The maximum absolute atomic E-state index is 8.77. The summed E-state index contributed by atoms with van der Waals surface area (Å²) in [5, 5.41) is 8.77. The van der Waals surface area contributed by atoms with Gasteiger partial charge >= 0.3 is 0 Å². The lowest BCUT2D eigenvalue weighted by Crippen LogP contribution is -2.38. The van der Waals surface area contributed by atoms with Gasteiger partial charge in [-0.1, -0.05) is 0 Å². The van der Waals surface area contributed by atoms with Crippen LogP contribution in [0.5, 0.6) is 0 Å². The number of nitriles is 1. The molecule has 60 valence electrons. The van der Waals surface area contributed by atoms with Gasteiger partial charge in [0, 0.05) is 19.3 Å². The summed E-state index contributed by atoms with van der Waals surface area (Å²) in [6.07, 6.45) is 2.94. The second kappa shape index (κ2) is 2.82. The van der Waals surface area contributed by atoms with E-state index in [1.54, 1.807) is 18.3 Å². The van der Waals surface area contributed by atoms with Crippen LogP contribution in [0.2, 0.25) is 0 Å². The van der Waals surface area contributed by atoms with E-state index in [9.17, 15) is 0 Å². The van der Waals surface area contributed by atoms with Crippen LogP contribution in [-0.4, -0.2) is 18.1 Å². The quantitative estimate of drug-likeness (QED) is 0.617. The molecule has 1 aromatic rings. The average Bonchev–Trinajstić information content (AvgIpc) is 2.02. The lowest BCUT2D eigenvalue weighted by Gasteiger charge is -2.32. The molecule has 0 saturated carbocycles. The summed E-state index contributed by atoms with van der Waals surface area (Å²) < 4.78 is 0. The molecule has 0 atom stereocenters. The maximum Gasteiger partial charge on any atom is 0.146 e. The van der Waals surface area contributed by atoms with Crippen LogP contribution >= 0.6 is 0 Å². The largest absolute Gasteiger partial charge is 0.355 e. The molecule has 12 heavy (non-hydrogen) atoms. The second-order valence-electron chi connectivity index (χ2n) is 2.83. The van der Waals surface area contributed by atoms with Gasteiger partial charge in [-0.25, -0.2) is 4.98 Å². The van der Waals surface area contributed by atoms with Crippen LogP contribution < -0.4 is 4.90 Å². The molecular weight excluding hydrogens is 150 g/mol. The van der Waals surface area contributed by atoms with Gasteiger partial charge in [-0.3, -0.25) is 0 Å². The van der Waals surface area contributed by atoms with Crippen molar-refractivity contribution >= 4 is 5.82 Å². The Kier molecular flexibility index (Phi) is 1.67. The summed E-state index contributed by atoms with van der Waals surface area (Å²) in [7, 11) is 0. The normalized spacial score (nSPS) is 15.1. The number of anilines is 1. The first-order chi connectivity index (χ1) is 5.92. The molecule has 0 radical (unpaired) electrons. The number of pyridine rings is 1. The molecule has 1 saturated heterocycles. The van der Waals surface area contributed by atoms with Crippen LogP contribution in [0, 0.1) is 11.3 Å². The zero-order valence-electron chi connectivity index (χ0n) is 6.70. The molecule has 0 bridgehead atoms. The van der Waals surface area contributed by atoms with E-state index in [1.165, 1.54) is 6.42 Å². The van der Waals surface area contributed by atoms with Gasteiger partial charge in [0.25, 0.3) is 0 Å². The first kappa shape index (κ1) is 7.11. The smallest absolute Gasteiger partial charge is 0.146 e. The van der Waals surface area contributed by atoms with E-state index in [0.717, 1.165) is 18.9 Å². The van der Waals surface area contributed by atoms with Crippen LogP contribution in [0.3, 0.4) is 0 Å². The first-order valence-corrected chi connectivity index (χ1v) is 4.02. The van der Waals surface area contributed by atoms with Crippen LogP contribution in [0.4, 0.5) is 5.82 Å². The van der Waals surface area contributed by atoms with Crippen LogP contribution in [-0.2, 0) is 0 Å². The van der Waals surface area contributed by atoms with E-state index < -0.39 is 0 Å². The molecule has 3 heteroatoms. The highest BCUT2D eigenvalue weighted by molar-refractivity contribution is 5.54. The number of aromatic nitrogens is 1. The first-order valence-electron chi connectivity index (χ1n) is 4.02. The Hall–Kier alpha value is -1.56. The van der Waals surface area contributed by atoms with E-state index >= 15 is 0 Å². The van der Waals surface area contributed by atoms with E-state index in [4.69, 9.17) is 5.26 Å². The Morgan fingerprint density at radius 2 is 2.33 bits per heavy atom. The summed E-state index contributed by atoms with van der Waals surface area (Å²) >= 11 is 0. The van der Waals surface area contributed by atoms with Crippen molar-refractivity contribution in [2.24, 2.45) is 0 Å². The van der Waals surface area contributed by atoms with Crippen molar-refractivity contribution in [1.82, 2.24) is 4.98 Å². The van der Waals surface area contributed by atoms with Crippen molar-refractivity contribution in [2.45, 2.75) is 6.42 Å². The summed E-state index contributed by atoms with van der Waals surface area (Å²) in [6, 6.07) is 5.74. The number of hydrogen-bond acceptors (Lipinski definition) is 3. The minimum absolute atomic E-state index is 0.678. The van der Waals surface area contributed by atoms with Gasteiger partial charge in [0.15, 0.2) is 0 Å². The average molecular weight is 159 g/mol. The summed E-state index contributed by atoms with van der Waals surface area (Å²) in [5.74, 6) is 0.839. The molecule has 0 aliphatic carbocycles. The minimum Gasteiger partial charge on any atom is -0.355 e. The molecular formula is C9H9N3. The van der Waals surface area contributed by atoms with Gasteiger partial charge in [-0.15, -0.1) is 0 Å². The molecule has 1 fully saturated rings. The van der Waals surface area contributed by atoms with Gasteiger partial charge in [0.05, 0.1) is 5.56 Å². The molecule has 3 nitrogen and oxygen atoms in total. The second-order valence-corrected chi connectivity index (χ2v) is 2.83. The summed E-state index contributed by atoms with van der Waals surface area (Å²) in [4.78, 5) is 6.30. The Morgan fingerprint density at radius 1 is 1.50 bits per heavy atom. The standard InChI is InChI=1S/C9H9N3/c10-7-8-3-1-4-11-9(8)12-5-2-6-12/h1,3-4H,2,5-6H2. The van der Waals surface area contributed by atoms with Crippen LogP contribution in [0.15, 0.2) is 18.3 Å². The third-order valence-corrected chi connectivity index (χ3v) is 2.06. The molecule has 0 spiro atoms. The topological polar surface area (TPSA) is 39.9 Å². The Labute approximate surface area is 71.3 Å². The number of rotatable bonds is 1. The van der Waals surface area contributed by atoms with E-state index in [-0.39, 0.29) is 0 Å². The number of hydrogen-bond donors (Lipinski definition) is 0. The third-order valence-electron chi connectivity index (χ3n) is 2.06. The number of nitrogens with zero attached hydrogens (tertiary/aromatic N) is 3. The van der Waals surface area contributed by atoms with Gasteiger partial charge in [0.2, 0.25) is 0 Å². The predicted octanol–water partition coefficient (Wildman–Crippen LogP) is 1.16. The van der Waals surface area contributed by atoms with Crippen molar-refractivity contribution < 1.29 is 0 Å². The van der Waals surface area contributed by atoms with Crippen molar-refractivity contribution in [2.75, 3.05) is 18.0 Å². The molecule has 2 rings (SSSR count). The summed E-state index contributed by atoms with van der Waals surface area (Å²) in [6.45, 7) is 2.07. The van der Waals surface area contributed by atoms with Crippen molar-refractivity contribution in [3.8, 4) is 6.07 Å². The van der Waals surface area contributed by atoms with Gasteiger partial charge < -0.3 is 4.90 Å². The fraction of sp³-hybridized carbons (Fsp3) is 0.333. The Balaban J connectivity index is 2.35. The monoisotopic (exact) mass is 159 g/mol. The minimum atomic E-state index is 0.678. The lowest BCUT2D eigenvalue weighted by atomic mass is 10.2. The van der Waals surface area contributed by atoms with Gasteiger partial charge in [-0.2, -0.15) is 5.26 Å². The molecule has 1 aliphatic heterocycles. The molecule has 0 amide bonds. The van der Waals surface area contributed by atoms with Crippen molar-refractivity contribution in [3.63, 3.8) is 0 Å². The van der Waals surface area contributed by atoms with Crippen molar-refractivity contribution in [3.05, 3.63) is 23.9 Å². The maximum atomic E-state index is 8.77. The fourth-order valence-electron chi connectivity index (χ4n) is 1.26.